The van der Waals surface area contributed by atoms with Crippen LogP contribution in [0.25, 0.3) is 22.4 Å². The Labute approximate surface area is 203 Å². The van der Waals surface area contributed by atoms with E-state index in [2.05, 4.69) is 89.1 Å². The topological polar surface area (TPSA) is 73.5 Å². The van der Waals surface area contributed by atoms with E-state index in [0.717, 1.165) is 67.3 Å². The van der Waals surface area contributed by atoms with Gasteiger partial charge in [-0.2, -0.15) is 0 Å². The van der Waals surface area contributed by atoms with E-state index in [-0.39, 0.29) is 5.41 Å². The lowest BCUT2D eigenvalue weighted by atomic mass is 9.87. The van der Waals surface area contributed by atoms with Gasteiger partial charge in [-0.15, -0.1) is 0 Å². The largest absolute Gasteiger partial charge is 0.387 e. The second kappa shape index (κ2) is 10.0. The maximum atomic E-state index is 5.85. The standard InChI is InChI=1S/C28H38N6/c1-6-25(29)30-20(2)14-15-33-16-18-34(19-17-33)24-9-7-8-23-26(24)32-27(31-23)21-10-12-22(13-11-21)28(3,4)5/h7-14H,6,15-19H2,1-5H3,(H2,29,30)(H,31,32)/b20-14+. The van der Waals surface area contributed by atoms with E-state index in [1.54, 1.807) is 0 Å². The molecule has 0 aliphatic carbocycles. The molecule has 0 spiro atoms. The molecule has 0 bridgehead atoms. The lowest BCUT2D eigenvalue weighted by molar-refractivity contribution is 0.283. The highest BCUT2D eigenvalue weighted by atomic mass is 15.3. The second-order valence-corrected chi connectivity index (χ2v) is 10.2. The van der Waals surface area contributed by atoms with Gasteiger partial charge in [0.25, 0.3) is 0 Å². The molecule has 1 saturated heterocycles. The van der Waals surface area contributed by atoms with Crippen LogP contribution in [0.15, 0.2) is 59.2 Å². The van der Waals surface area contributed by atoms with Gasteiger partial charge in [0.1, 0.15) is 11.3 Å². The molecule has 0 unspecified atom stereocenters. The zero-order chi connectivity index (χ0) is 24.3. The van der Waals surface area contributed by atoms with Crippen molar-refractivity contribution in [2.45, 2.75) is 46.5 Å². The van der Waals surface area contributed by atoms with Crippen LogP contribution >= 0.6 is 0 Å². The van der Waals surface area contributed by atoms with Crippen LogP contribution in [0.1, 0.15) is 46.6 Å². The summed E-state index contributed by atoms with van der Waals surface area (Å²) in [6.07, 6.45) is 2.95. The summed E-state index contributed by atoms with van der Waals surface area (Å²) in [5.74, 6) is 1.62. The molecule has 1 fully saturated rings. The number of fused-ring (bicyclic) bond motifs is 1. The number of rotatable bonds is 6. The van der Waals surface area contributed by atoms with Crippen LogP contribution in [0.3, 0.4) is 0 Å². The van der Waals surface area contributed by atoms with E-state index >= 15 is 0 Å². The zero-order valence-corrected chi connectivity index (χ0v) is 21.2. The number of hydrogen-bond acceptors (Lipinski definition) is 4. The van der Waals surface area contributed by atoms with E-state index in [0.29, 0.717) is 5.84 Å². The van der Waals surface area contributed by atoms with Crippen LogP contribution in [-0.4, -0.2) is 53.4 Å². The van der Waals surface area contributed by atoms with Crippen molar-refractivity contribution >= 4 is 22.6 Å². The fourth-order valence-corrected chi connectivity index (χ4v) is 4.32. The normalized spacial score (nSPS) is 16.4. The van der Waals surface area contributed by atoms with E-state index in [1.165, 1.54) is 11.3 Å². The number of para-hydroxylation sites is 1. The zero-order valence-electron chi connectivity index (χ0n) is 21.2. The highest BCUT2D eigenvalue weighted by molar-refractivity contribution is 5.91. The molecule has 180 valence electrons. The number of nitrogens with two attached hydrogens (primary N) is 1. The molecule has 3 aromatic rings. The van der Waals surface area contributed by atoms with Gasteiger partial charge in [-0.3, -0.25) is 4.90 Å². The third-order valence-electron chi connectivity index (χ3n) is 6.56. The van der Waals surface area contributed by atoms with Crippen molar-refractivity contribution in [2.24, 2.45) is 10.7 Å². The van der Waals surface area contributed by atoms with Gasteiger partial charge in [0.05, 0.1) is 17.0 Å². The monoisotopic (exact) mass is 458 g/mol. The smallest absolute Gasteiger partial charge is 0.138 e. The Morgan fingerprint density at radius 1 is 1.09 bits per heavy atom. The number of aromatic amines is 1. The summed E-state index contributed by atoms with van der Waals surface area (Å²) in [5, 5.41) is 0. The van der Waals surface area contributed by atoms with Crippen LogP contribution in [-0.2, 0) is 5.41 Å². The second-order valence-electron chi connectivity index (χ2n) is 10.2. The van der Waals surface area contributed by atoms with Gasteiger partial charge in [-0.25, -0.2) is 9.98 Å². The van der Waals surface area contributed by atoms with Gasteiger partial charge in [0, 0.05) is 50.4 Å². The first kappa shape index (κ1) is 24.0. The summed E-state index contributed by atoms with van der Waals surface area (Å²) < 4.78 is 0. The Balaban J connectivity index is 1.46. The molecule has 0 amide bonds. The Morgan fingerprint density at radius 2 is 1.79 bits per heavy atom. The Morgan fingerprint density at radius 3 is 2.44 bits per heavy atom. The average Bonchev–Trinajstić information content (AvgIpc) is 3.27. The van der Waals surface area contributed by atoms with Crippen molar-refractivity contribution < 1.29 is 0 Å². The number of nitrogens with zero attached hydrogens (tertiary/aromatic N) is 4. The van der Waals surface area contributed by atoms with Crippen LogP contribution < -0.4 is 10.6 Å². The summed E-state index contributed by atoms with van der Waals surface area (Å²) in [7, 11) is 0. The number of benzene rings is 2. The van der Waals surface area contributed by atoms with Gasteiger partial charge in [0.2, 0.25) is 0 Å². The molecule has 0 saturated carbocycles. The van der Waals surface area contributed by atoms with Gasteiger partial charge in [-0.05, 0) is 36.1 Å². The van der Waals surface area contributed by atoms with Crippen molar-refractivity contribution in [3.63, 3.8) is 0 Å². The van der Waals surface area contributed by atoms with Gasteiger partial charge in [0.15, 0.2) is 0 Å². The molecule has 1 aliphatic heterocycles. The molecule has 2 heterocycles. The third kappa shape index (κ3) is 5.50. The summed E-state index contributed by atoms with van der Waals surface area (Å²) in [4.78, 5) is 17.9. The lowest BCUT2D eigenvalue weighted by Crippen LogP contribution is -2.46. The first-order chi connectivity index (χ1) is 16.2. The first-order valence-corrected chi connectivity index (χ1v) is 12.3. The molecule has 4 rings (SSSR count). The molecule has 1 aromatic heterocycles. The molecule has 3 N–H and O–H groups in total. The average molecular weight is 459 g/mol. The molecule has 6 nitrogen and oxygen atoms in total. The molecule has 2 aromatic carbocycles. The molecule has 0 radical (unpaired) electrons. The van der Waals surface area contributed by atoms with Gasteiger partial charge in [-0.1, -0.05) is 58.0 Å². The molecular formula is C28H38N6. The number of nitrogens with one attached hydrogen (secondary N) is 1. The van der Waals surface area contributed by atoms with Crippen molar-refractivity contribution in [1.82, 2.24) is 14.9 Å². The number of hydrogen-bond donors (Lipinski definition) is 2. The van der Waals surface area contributed by atoms with E-state index in [1.807, 2.05) is 13.8 Å². The summed E-state index contributed by atoms with van der Waals surface area (Å²) >= 11 is 0. The number of aromatic nitrogens is 2. The SMILES string of the molecule is CCC(N)=N/C(C)=C/CN1CCN(c2cccc3[nH]c(-c4ccc(C(C)(C)C)cc4)nc23)CC1. The predicted octanol–water partition coefficient (Wildman–Crippen LogP) is 5.32. The molecule has 1 aliphatic rings. The van der Waals surface area contributed by atoms with E-state index in [4.69, 9.17) is 10.7 Å². The first-order valence-electron chi connectivity index (χ1n) is 12.3. The number of H-pyrrole nitrogens is 1. The number of aliphatic imine (C=N–C) groups is 1. The molecule has 6 heteroatoms. The van der Waals surface area contributed by atoms with Crippen LogP contribution in [0, 0.1) is 0 Å². The van der Waals surface area contributed by atoms with Crippen molar-refractivity contribution in [3.8, 4) is 11.4 Å². The number of piperazine rings is 1. The van der Waals surface area contributed by atoms with E-state index < -0.39 is 0 Å². The van der Waals surface area contributed by atoms with Crippen molar-refractivity contribution in [2.75, 3.05) is 37.6 Å². The van der Waals surface area contributed by atoms with Crippen LogP contribution in [0.4, 0.5) is 5.69 Å². The summed E-state index contributed by atoms with van der Waals surface area (Å²) in [6, 6.07) is 15.2. The van der Waals surface area contributed by atoms with E-state index in [9.17, 15) is 0 Å². The minimum atomic E-state index is 0.145. The number of anilines is 1. The Kier molecular flexibility index (Phi) is 7.08. The highest BCUT2D eigenvalue weighted by Crippen LogP contribution is 2.30. The Hall–Kier alpha value is -3.12. The van der Waals surface area contributed by atoms with Gasteiger partial charge < -0.3 is 15.6 Å². The van der Waals surface area contributed by atoms with Crippen LogP contribution in [0.2, 0.25) is 0 Å². The fraction of sp³-hybridized carbons (Fsp3) is 0.429. The minimum Gasteiger partial charge on any atom is -0.387 e. The summed E-state index contributed by atoms with van der Waals surface area (Å²) in [6.45, 7) is 15.7. The van der Waals surface area contributed by atoms with Crippen molar-refractivity contribution in [3.05, 3.63) is 59.8 Å². The minimum absolute atomic E-state index is 0.145. The maximum absolute atomic E-state index is 5.85. The summed E-state index contributed by atoms with van der Waals surface area (Å²) in [5.41, 5.74) is 12.8. The fourth-order valence-electron chi connectivity index (χ4n) is 4.32. The lowest BCUT2D eigenvalue weighted by Gasteiger charge is -2.35. The van der Waals surface area contributed by atoms with Gasteiger partial charge >= 0.3 is 0 Å². The molecular weight excluding hydrogens is 420 g/mol. The number of amidine groups is 1. The molecule has 34 heavy (non-hydrogen) atoms. The van der Waals surface area contributed by atoms with Crippen molar-refractivity contribution in [1.29, 1.82) is 0 Å². The third-order valence-corrected chi connectivity index (χ3v) is 6.56. The predicted molar refractivity (Wildman–Crippen MR) is 145 cm³/mol. The van der Waals surface area contributed by atoms with Crippen LogP contribution in [0.5, 0.6) is 0 Å². The highest BCUT2D eigenvalue weighted by Gasteiger charge is 2.20. The number of allylic oxidation sites excluding steroid dienone is 1. The maximum Gasteiger partial charge on any atom is 0.138 e. The molecule has 0 atom stereocenters. The Bertz CT molecular complexity index is 1170. The quantitative estimate of drug-likeness (QED) is 0.387. The number of imidazole rings is 1.